The molecule has 29 heavy (non-hydrogen) atoms. The number of likely N-dealkylation sites (N-methyl/N-ethyl adjacent to an activating group) is 1. The number of nitrogens with one attached hydrogen (secondary N) is 1. The maximum absolute atomic E-state index is 12.6. The molecule has 1 heterocycles. The van der Waals surface area contributed by atoms with Gasteiger partial charge in [-0.15, -0.1) is 0 Å². The monoisotopic (exact) mass is 400 g/mol. The van der Waals surface area contributed by atoms with Crippen LogP contribution in [0.2, 0.25) is 0 Å². The highest BCUT2D eigenvalue weighted by atomic mass is 16.2. The minimum atomic E-state index is 0.0280. The lowest BCUT2D eigenvalue weighted by Gasteiger charge is -2.36. The first-order valence-electron chi connectivity index (χ1n) is 11.0. The van der Waals surface area contributed by atoms with Gasteiger partial charge in [0.1, 0.15) is 0 Å². The molecule has 0 bridgehead atoms. The van der Waals surface area contributed by atoms with Crippen molar-refractivity contribution in [1.29, 1.82) is 0 Å². The molecule has 2 fully saturated rings. The van der Waals surface area contributed by atoms with E-state index < -0.39 is 0 Å². The first-order valence-corrected chi connectivity index (χ1v) is 11.0. The maximum atomic E-state index is 12.6. The van der Waals surface area contributed by atoms with Gasteiger partial charge in [0.15, 0.2) is 0 Å². The molecule has 1 aliphatic heterocycles. The van der Waals surface area contributed by atoms with Crippen LogP contribution in [0, 0.1) is 13.8 Å². The van der Waals surface area contributed by atoms with Crippen LogP contribution in [-0.4, -0.2) is 78.9 Å². The number of hydrogen-bond donors (Lipinski definition) is 1. The minimum Gasteiger partial charge on any atom is -0.342 e. The lowest BCUT2D eigenvalue weighted by molar-refractivity contribution is -0.134. The molecule has 6 heteroatoms. The second kappa shape index (κ2) is 10.2. The Morgan fingerprint density at radius 1 is 1.00 bits per heavy atom. The van der Waals surface area contributed by atoms with Crippen LogP contribution in [0.5, 0.6) is 0 Å². The van der Waals surface area contributed by atoms with Crippen molar-refractivity contribution in [2.45, 2.75) is 52.0 Å². The Morgan fingerprint density at radius 3 is 2.28 bits per heavy atom. The highest BCUT2D eigenvalue weighted by Gasteiger charge is 2.25. The molecule has 0 spiro atoms. The van der Waals surface area contributed by atoms with Crippen LogP contribution in [0.25, 0.3) is 0 Å². The Balaban J connectivity index is 1.40. The summed E-state index contributed by atoms with van der Waals surface area (Å²) in [6, 6.07) is 6.40. The van der Waals surface area contributed by atoms with Crippen molar-refractivity contribution < 1.29 is 9.59 Å². The molecule has 0 atom stereocenters. The molecule has 2 aliphatic rings. The standard InChI is InChI=1S/C23H36N4O2/c1-18-8-7-11-21(19(18)2)24-22(28)16-26-12-14-27(15-13-26)17-23(29)25(3)20-9-5-4-6-10-20/h7-8,11,20H,4-6,9-10,12-17H2,1-3H3,(H,24,28). The first kappa shape index (κ1) is 21.8. The number of hydrogen-bond acceptors (Lipinski definition) is 4. The summed E-state index contributed by atoms with van der Waals surface area (Å²) in [4.78, 5) is 31.5. The van der Waals surface area contributed by atoms with E-state index in [4.69, 9.17) is 0 Å². The number of carbonyl (C=O) groups is 2. The fourth-order valence-corrected chi connectivity index (χ4v) is 4.36. The molecule has 1 saturated carbocycles. The average molecular weight is 401 g/mol. The predicted molar refractivity (Wildman–Crippen MR) is 117 cm³/mol. The molecular formula is C23H36N4O2. The van der Waals surface area contributed by atoms with Crippen LogP contribution in [0.1, 0.15) is 43.2 Å². The van der Waals surface area contributed by atoms with E-state index in [0.29, 0.717) is 19.1 Å². The van der Waals surface area contributed by atoms with Crippen molar-refractivity contribution in [2.75, 3.05) is 51.6 Å². The fourth-order valence-electron chi connectivity index (χ4n) is 4.36. The number of benzene rings is 1. The molecule has 1 N–H and O–H groups in total. The van der Waals surface area contributed by atoms with Gasteiger partial charge in [-0.25, -0.2) is 0 Å². The van der Waals surface area contributed by atoms with Crippen LogP contribution in [-0.2, 0) is 9.59 Å². The fraction of sp³-hybridized carbons (Fsp3) is 0.652. The Labute approximate surface area is 175 Å². The molecule has 1 aromatic carbocycles. The van der Waals surface area contributed by atoms with Crippen molar-refractivity contribution in [3.05, 3.63) is 29.3 Å². The largest absolute Gasteiger partial charge is 0.342 e. The molecule has 3 rings (SSSR count). The van der Waals surface area contributed by atoms with Gasteiger partial charge in [-0.2, -0.15) is 0 Å². The van der Waals surface area contributed by atoms with Gasteiger partial charge in [-0.05, 0) is 43.9 Å². The van der Waals surface area contributed by atoms with Crippen molar-refractivity contribution >= 4 is 17.5 Å². The second-order valence-corrected chi connectivity index (χ2v) is 8.64. The van der Waals surface area contributed by atoms with E-state index in [-0.39, 0.29) is 11.8 Å². The summed E-state index contributed by atoms with van der Waals surface area (Å²) in [6.45, 7) is 8.29. The molecule has 6 nitrogen and oxygen atoms in total. The number of anilines is 1. The van der Waals surface area contributed by atoms with Crippen molar-refractivity contribution in [3.63, 3.8) is 0 Å². The number of carbonyl (C=O) groups excluding carboxylic acids is 2. The van der Waals surface area contributed by atoms with Gasteiger partial charge in [0, 0.05) is 45.0 Å². The molecule has 2 amide bonds. The minimum absolute atomic E-state index is 0.0280. The Bertz CT molecular complexity index is 707. The van der Waals surface area contributed by atoms with Crippen LogP contribution in [0.15, 0.2) is 18.2 Å². The Kier molecular flexibility index (Phi) is 7.67. The van der Waals surface area contributed by atoms with Crippen LogP contribution >= 0.6 is 0 Å². The number of aryl methyl sites for hydroxylation is 1. The van der Waals surface area contributed by atoms with Crippen molar-refractivity contribution in [1.82, 2.24) is 14.7 Å². The third-order valence-electron chi connectivity index (χ3n) is 6.59. The van der Waals surface area contributed by atoms with Crippen LogP contribution < -0.4 is 5.32 Å². The lowest BCUT2D eigenvalue weighted by Crippen LogP contribution is -2.52. The average Bonchev–Trinajstić information content (AvgIpc) is 2.73. The molecular weight excluding hydrogens is 364 g/mol. The number of nitrogens with zero attached hydrogens (tertiary/aromatic N) is 3. The zero-order valence-electron chi connectivity index (χ0n) is 18.2. The number of rotatable bonds is 6. The quantitative estimate of drug-likeness (QED) is 0.798. The maximum Gasteiger partial charge on any atom is 0.238 e. The number of piperazine rings is 1. The summed E-state index contributed by atoms with van der Waals surface area (Å²) in [5.74, 6) is 0.262. The van der Waals surface area contributed by atoms with Crippen LogP contribution in [0.3, 0.4) is 0 Å². The summed E-state index contributed by atoms with van der Waals surface area (Å²) in [5.41, 5.74) is 3.19. The van der Waals surface area contributed by atoms with E-state index >= 15 is 0 Å². The Hall–Kier alpha value is -1.92. The third-order valence-corrected chi connectivity index (χ3v) is 6.59. The topological polar surface area (TPSA) is 55.9 Å². The van der Waals surface area contributed by atoms with Gasteiger partial charge in [0.25, 0.3) is 0 Å². The van der Waals surface area contributed by atoms with E-state index in [2.05, 4.69) is 28.1 Å². The predicted octanol–water partition coefficient (Wildman–Crippen LogP) is 2.65. The zero-order chi connectivity index (χ0) is 20.8. The molecule has 0 radical (unpaired) electrons. The SMILES string of the molecule is Cc1cccc(NC(=O)CN2CCN(CC(=O)N(C)C3CCCCC3)CC2)c1C. The lowest BCUT2D eigenvalue weighted by atomic mass is 9.94. The molecule has 0 aromatic heterocycles. The summed E-state index contributed by atoms with van der Waals surface area (Å²) in [7, 11) is 1.96. The normalized spacial score (nSPS) is 19.1. The third kappa shape index (κ3) is 6.03. The summed E-state index contributed by atoms with van der Waals surface area (Å²) in [6.07, 6.45) is 6.07. The van der Waals surface area contributed by atoms with Crippen molar-refractivity contribution in [3.8, 4) is 0 Å². The van der Waals surface area contributed by atoms with E-state index in [1.165, 1.54) is 24.8 Å². The van der Waals surface area contributed by atoms with Gasteiger partial charge in [-0.1, -0.05) is 31.4 Å². The van der Waals surface area contributed by atoms with Gasteiger partial charge >= 0.3 is 0 Å². The van der Waals surface area contributed by atoms with E-state index in [9.17, 15) is 9.59 Å². The molecule has 0 unspecified atom stereocenters. The molecule has 1 aliphatic carbocycles. The summed E-state index contributed by atoms with van der Waals surface area (Å²) in [5, 5.41) is 3.04. The molecule has 1 aromatic rings. The second-order valence-electron chi connectivity index (χ2n) is 8.64. The number of amides is 2. The molecule has 160 valence electrons. The summed E-state index contributed by atoms with van der Waals surface area (Å²) < 4.78 is 0. The van der Waals surface area contributed by atoms with Gasteiger partial charge in [0.05, 0.1) is 13.1 Å². The van der Waals surface area contributed by atoms with Gasteiger partial charge in [-0.3, -0.25) is 19.4 Å². The molecule has 1 saturated heterocycles. The summed E-state index contributed by atoms with van der Waals surface area (Å²) >= 11 is 0. The smallest absolute Gasteiger partial charge is 0.238 e. The van der Waals surface area contributed by atoms with Crippen molar-refractivity contribution in [2.24, 2.45) is 0 Å². The van der Waals surface area contributed by atoms with E-state index in [0.717, 1.165) is 50.3 Å². The van der Waals surface area contributed by atoms with Gasteiger partial charge < -0.3 is 10.2 Å². The van der Waals surface area contributed by atoms with E-state index in [1.54, 1.807) is 0 Å². The Morgan fingerprint density at radius 2 is 1.62 bits per heavy atom. The highest BCUT2D eigenvalue weighted by Crippen LogP contribution is 2.22. The first-order chi connectivity index (χ1) is 13.9. The van der Waals surface area contributed by atoms with Crippen LogP contribution in [0.4, 0.5) is 5.69 Å². The highest BCUT2D eigenvalue weighted by molar-refractivity contribution is 5.93. The zero-order valence-corrected chi connectivity index (χ0v) is 18.2. The van der Waals surface area contributed by atoms with E-state index in [1.807, 2.05) is 31.0 Å². The van der Waals surface area contributed by atoms with Gasteiger partial charge in [0.2, 0.25) is 11.8 Å².